The van der Waals surface area contributed by atoms with Gasteiger partial charge in [-0.25, -0.2) is 4.68 Å². The van der Waals surface area contributed by atoms with Gasteiger partial charge in [0, 0.05) is 12.5 Å². The van der Waals surface area contributed by atoms with Crippen molar-refractivity contribution >= 4 is 17.6 Å². The van der Waals surface area contributed by atoms with Crippen LogP contribution in [0.3, 0.4) is 0 Å². The number of aromatic nitrogens is 2. The van der Waals surface area contributed by atoms with Crippen LogP contribution in [-0.2, 0) is 4.79 Å². The van der Waals surface area contributed by atoms with Crippen LogP contribution in [0.4, 0.5) is 0 Å². The van der Waals surface area contributed by atoms with Gasteiger partial charge in [-0.2, -0.15) is 0 Å². The van der Waals surface area contributed by atoms with Gasteiger partial charge in [0.15, 0.2) is 0 Å². The van der Waals surface area contributed by atoms with Crippen molar-refractivity contribution in [3.05, 3.63) is 65.7 Å². The highest BCUT2D eigenvalue weighted by Gasteiger charge is 2.21. The number of ether oxygens (including phenoxy) is 1. The summed E-state index contributed by atoms with van der Waals surface area (Å²) >= 11 is 6.40. The van der Waals surface area contributed by atoms with Crippen LogP contribution in [0.25, 0.3) is 16.9 Å². The molecule has 0 atom stereocenters. The van der Waals surface area contributed by atoms with E-state index in [9.17, 15) is 4.79 Å². The summed E-state index contributed by atoms with van der Waals surface area (Å²) in [6.07, 6.45) is 0. The fourth-order valence-electron chi connectivity index (χ4n) is 2.18. The van der Waals surface area contributed by atoms with Gasteiger partial charge in [0.2, 0.25) is 0 Å². The molecule has 0 saturated carbocycles. The molecule has 0 aliphatic carbocycles. The second kappa shape index (κ2) is 6.03. The Hall–Kier alpha value is -2.59. The van der Waals surface area contributed by atoms with Gasteiger partial charge in [0.25, 0.3) is 5.88 Å². The largest absolute Gasteiger partial charge is 0.404 e. The molecule has 0 amide bonds. The van der Waals surface area contributed by atoms with Gasteiger partial charge in [-0.1, -0.05) is 60.1 Å². The van der Waals surface area contributed by atoms with E-state index in [0.717, 1.165) is 11.3 Å². The fourth-order valence-corrected chi connectivity index (χ4v) is 2.45. The molecular weight excluding hydrogens is 300 g/mol. The van der Waals surface area contributed by atoms with Crippen molar-refractivity contribution in [2.75, 3.05) is 0 Å². The number of hydrogen-bond acceptors (Lipinski definition) is 3. The summed E-state index contributed by atoms with van der Waals surface area (Å²) in [7, 11) is 0. The van der Waals surface area contributed by atoms with Crippen molar-refractivity contribution in [3.63, 3.8) is 0 Å². The average Bonchev–Trinajstić information content (AvgIpc) is 2.85. The second-order valence-corrected chi connectivity index (χ2v) is 5.05. The maximum atomic E-state index is 11.2. The molecule has 22 heavy (non-hydrogen) atoms. The second-order valence-electron chi connectivity index (χ2n) is 4.67. The number of nitrogens with zero attached hydrogens (tertiary/aromatic N) is 2. The number of halogens is 1. The molecule has 0 fully saturated rings. The summed E-state index contributed by atoms with van der Waals surface area (Å²) in [5.74, 6) is -0.351. The molecule has 1 heterocycles. The van der Waals surface area contributed by atoms with E-state index in [0.29, 0.717) is 10.7 Å². The first-order chi connectivity index (χ1) is 10.7. The Balaban J connectivity index is 2.22. The number of esters is 1. The number of hydrogen-bond donors (Lipinski definition) is 0. The Morgan fingerprint density at radius 1 is 1.05 bits per heavy atom. The molecule has 1 aromatic heterocycles. The van der Waals surface area contributed by atoms with Crippen LogP contribution in [0.1, 0.15) is 6.92 Å². The van der Waals surface area contributed by atoms with E-state index < -0.39 is 5.97 Å². The van der Waals surface area contributed by atoms with E-state index in [4.69, 9.17) is 16.3 Å². The fraction of sp³-hybridized carbons (Fsp3) is 0.0588. The highest BCUT2D eigenvalue weighted by Crippen LogP contribution is 2.36. The van der Waals surface area contributed by atoms with Gasteiger partial charge in [0.05, 0.1) is 11.4 Å². The summed E-state index contributed by atoms with van der Waals surface area (Å²) in [6, 6.07) is 19.2. The third kappa shape index (κ3) is 2.73. The number of carbonyl (C=O) groups is 1. The van der Waals surface area contributed by atoms with Gasteiger partial charge < -0.3 is 4.74 Å². The van der Waals surface area contributed by atoms with Gasteiger partial charge >= 0.3 is 5.97 Å². The first kappa shape index (κ1) is 14.4. The maximum Gasteiger partial charge on any atom is 0.309 e. The Kier molecular flexibility index (Phi) is 3.94. The molecule has 0 unspecified atom stereocenters. The van der Waals surface area contributed by atoms with Gasteiger partial charge in [-0.05, 0) is 12.1 Å². The Bertz CT molecular complexity index is 798. The molecule has 0 bridgehead atoms. The molecule has 0 radical (unpaired) electrons. The Morgan fingerprint density at radius 2 is 1.64 bits per heavy atom. The summed E-state index contributed by atoms with van der Waals surface area (Å²) in [5, 5.41) is 4.65. The Morgan fingerprint density at radius 3 is 2.23 bits per heavy atom. The minimum atomic E-state index is -0.459. The Labute approximate surface area is 132 Å². The minimum Gasteiger partial charge on any atom is -0.404 e. The number of benzene rings is 2. The van der Waals surface area contributed by atoms with E-state index in [1.54, 1.807) is 4.68 Å². The zero-order valence-corrected chi connectivity index (χ0v) is 12.6. The van der Waals surface area contributed by atoms with Gasteiger partial charge in [-0.15, -0.1) is 5.10 Å². The summed E-state index contributed by atoms with van der Waals surface area (Å²) in [4.78, 5) is 11.2. The number of rotatable bonds is 3. The van der Waals surface area contributed by atoms with Crippen LogP contribution in [0, 0.1) is 0 Å². The summed E-state index contributed by atoms with van der Waals surface area (Å²) in [6.45, 7) is 1.32. The molecule has 0 saturated heterocycles. The predicted octanol–water partition coefficient (Wildman–Crippen LogP) is 4.12. The van der Waals surface area contributed by atoms with Crippen LogP contribution in [0.2, 0.25) is 5.02 Å². The van der Waals surface area contributed by atoms with Crippen molar-refractivity contribution < 1.29 is 9.53 Å². The van der Waals surface area contributed by atoms with E-state index in [1.807, 2.05) is 60.7 Å². The van der Waals surface area contributed by atoms with Crippen molar-refractivity contribution in [2.24, 2.45) is 0 Å². The predicted molar refractivity (Wildman–Crippen MR) is 85.3 cm³/mol. The normalized spacial score (nSPS) is 10.5. The lowest BCUT2D eigenvalue weighted by atomic mass is 10.1. The topological polar surface area (TPSA) is 44.1 Å². The van der Waals surface area contributed by atoms with E-state index in [-0.39, 0.29) is 5.88 Å². The molecule has 0 aliphatic rings. The van der Waals surface area contributed by atoms with Crippen molar-refractivity contribution in [1.82, 2.24) is 9.78 Å². The lowest BCUT2D eigenvalue weighted by molar-refractivity contribution is -0.132. The average molecular weight is 313 g/mol. The summed E-state index contributed by atoms with van der Waals surface area (Å²) in [5.41, 5.74) is 2.41. The lowest BCUT2D eigenvalue weighted by Gasteiger charge is -2.07. The smallest absolute Gasteiger partial charge is 0.309 e. The molecule has 2 aromatic carbocycles. The molecule has 3 rings (SSSR count). The van der Waals surface area contributed by atoms with Crippen molar-refractivity contribution in [2.45, 2.75) is 6.92 Å². The zero-order valence-electron chi connectivity index (χ0n) is 11.9. The number of carbonyl (C=O) groups excluding carboxylic acids is 1. The lowest BCUT2D eigenvalue weighted by Crippen LogP contribution is -2.03. The van der Waals surface area contributed by atoms with Crippen LogP contribution in [0.15, 0.2) is 60.7 Å². The van der Waals surface area contributed by atoms with Crippen LogP contribution in [0.5, 0.6) is 5.88 Å². The molecule has 110 valence electrons. The third-order valence-electron chi connectivity index (χ3n) is 3.09. The quantitative estimate of drug-likeness (QED) is 0.683. The molecule has 5 heteroatoms. The SMILES string of the molecule is CC(=O)Oc1nn(-c2ccccc2)c(-c2ccccc2)c1Cl. The highest BCUT2D eigenvalue weighted by molar-refractivity contribution is 6.34. The first-order valence-electron chi connectivity index (χ1n) is 6.74. The highest BCUT2D eigenvalue weighted by atomic mass is 35.5. The van der Waals surface area contributed by atoms with Crippen molar-refractivity contribution in [3.8, 4) is 22.8 Å². The van der Waals surface area contributed by atoms with Crippen LogP contribution < -0.4 is 4.74 Å². The molecule has 0 N–H and O–H groups in total. The third-order valence-corrected chi connectivity index (χ3v) is 3.43. The van der Waals surface area contributed by atoms with Crippen LogP contribution >= 0.6 is 11.6 Å². The van der Waals surface area contributed by atoms with Gasteiger partial charge in [-0.3, -0.25) is 4.79 Å². The molecule has 3 aromatic rings. The van der Waals surface area contributed by atoms with Gasteiger partial charge in [0.1, 0.15) is 5.02 Å². The molecule has 0 aliphatic heterocycles. The van der Waals surface area contributed by atoms with E-state index in [1.165, 1.54) is 6.92 Å². The molecule has 0 spiro atoms. The molecule has 4 nitrogen and oxygen atoms in total. The van der Waals surface area contributed by atoms with E-state index >= 15 is 0 Å². The maximum absolute atomic E-state index is 11.2. The minimum absolute atomic E-state index is 0.108. The standard InChI is InChI=1S/C17H13ClN2O2/c1-12(21)22-17-15(18)16(13-8-4-2-5-9-13)20(19-17)14-10-6-3-7-11-14/h2-11H,1H3. The monoisotopic (exact) mass is 312 g/mol. The number of para-hydroxylation sites is 1. The van der Waals surface area contributed by atoms with E-state index in [2.05, 4.69) is 5.10 Å². The first-order valence-corrected chi connectivity index (χ1v) is 7.12. The van der Waals surface area contributed by atoms with Crippen LogP contribution in [-0.4, -0.2) is 15.7 Å². The summed E-state index contributed by atoms with van der Waals surface area (Å²) < 4.78 is 6.78. The van der Waals surface area contributed by atoms with Crippen molar-refractivity contribution in [1.29, 1.82) is 0 Å². The molecular formula is C17H13ClN2O2. The zero-order chi connectivity index (χ0) is 15.5.